The minimum Gasteiger partial charge on any atom is -0.508 e. The number of phenols is 1. The second kappa shape index (κ2) is 6.95. The molecule has 1 aromatic rings. The second-order valence-corrected chi connectivity index (χ2v) is 3.99. The van der Waals surface area contributed by atoms with Crippen molar-refractivity contribution < 1.29 is 9.90 Å². The molecule has 0 aromatic heterocycles. The highest BCUT2D eigenvalue weighted by Gasteiger charge is 1.96. The SMILES string of the molecule is CSC=CC(=O)NCCc1ccc(O)cc1. The van der Waals surface area contributed by atoms with Crippen molar-refractivity contribution in [3.8, 4) is 5.75 Å². The molecule has 0 aliphatic heterocycles. The van der Waals surface area contributed by atoms with Gasteiger partial charge in [-0.1, -0.05) is 12.1 Å². The summed E-state index contributed by atoms with van der Waals surface area (Å²) >= 11 is 1.49. The Balaban J connectivity index is 2.28. The van der Waals surface area contributed by atoms with Gasteiger partial charge in [0, 0.05) is 12.6 Å². The highest BCUT2D eigenvalue weighted by Crippen LogP contribution is 2.09. The summed E-state index contributed by atoms with van der Waals surface area (Å²) in [5.41, 5.74) is 1.09. The van der Waals surface area contributed by atoms with Crippen molar-refractivity contribution in [2.24, 2.45) is 0 Å². The average molecular weight is 237 g/mol. The standard InChI is InChI=1S/C12H15NO2S/c1-16-9-7-12(15)13-8-6-10-2-4-11(14)5-3-10/h2-5,7,9,14H,6,8H2,1H3,(H,13,15). The molecular weight excluding hydrogens is 222 g/mol. The van der Waals surface area contributed by atoms with Gasteiger partial charge in [-0.3, -0.25) is 4.79 Å². The Hall–Kier alpha value is -1.42. The fourth-order valence-electron chi connectivity index (χ4n) is 1.18. The summed E-state index contributed by atoms with van der Waals surface area (Å²) in [5, 5.41) is 13.6. The molecule has 3 nitrogen and oxygen atoms in total. The Morgan fingerprint density at radius 2 is 2.12 bits per heavy atom. The van der Waals surface area contributed by atoms with E-state index in [1.807, 2.05) is 18.4 Å². The molecule has 0 atom stereocenters. The van der Waals surface area contributed by atoms with Crippen LogP contribution in [0, 0.1) is 0 Å². The first-order valence-electron chi connectivity index (χ1n) is 4.97. The lowest BCUT2D eigenvalue weighted by molar-refractivity contribution is -0.116. The zero-order valence-corrected chi connectivity index (χ0v) is 9.96. The largest absolute Gasteiger partial charge is 0.508 e. The second-order valence-electron chi connectivity index (χ2n) is 3.25. The Kier molecular flexibility index (Phi) is 5.50. The van der Waals surface area contributed by atoms with E-state index < -0.39 is 0 Å². The summed E-state index contributed by atoms with van der Waals surface area (Å²) in [4.78, 5) is 11.2. The van der Waals surface area contributed by atoms with Crippen LogP contribution in [0.1, 0.15) is 5.56 Å². The molecule has 4 heteroatoms. The van der Waals surface area contributed by atoms with Crippen molar-refractivity contribution in [3.05, 3.63) is 41.3 Å². The number of benzene rings is 1. The predicted molar refractivity (Wildman–Crippen MR) is 67.5 cm³/mol. The molecule has 16 heavy (non-hydrogen) atoms. The fraction of sp³-hybridized carbons (Fsp3) is 0.250. The minimum atomic E-state index is -0.0758. The summed E-state index contributed by atoms with van der Waals surface area (Å²) in [7, 11) is 0. The molecule has 0 spiro atoms. The van der Waals surface area contributed by atoms with Crippen LogP contribution in [-0.4, -0.2) is 23.8 Å². The molecule has 1 rings (SSSR count). The maximum absolute atomic E-state index is 11.2. The third-order valence-electron chi connectivity index (χ3n) is 2.00. The van der Waals surface area contributed by atoms with E-state index >= 15 is 0 Å². The van der Waals surface area contributed by atoms with E-state index in [0.29, 0.717) is 6.54 Å². The van der Waals surface area contributed by atoms with Gasteiger partial charge in [0.2, 0.25) is 5.91 Å². The van der Waals surface area contributed by atoms with E-state index in [4.69, 9.17) is 5.11 Å². The van der Waals surface area contributed by atoms with Crippen LogP contribution in [0.5, 0.6) is 5.75 Å². The maximum Gasteiger partial charge on any atom is 0.244 e. The Bertz CT molecular complexity index is 360. The van der Waals surface area contributed by atoms with Gasteiger partial charge >= 0.3 is 0 Å². The molecule has 0 saturated carbocycles. The van der Waals surface area contributed by atoms with Crippen LogP contribution in [0.3, 0.4) is 0 Å². The van der Waals surface area contributed by atoms with Gasteiger partial charge in [0.05, 0.1) is 0 Å². The van der Waals surface area contributed by atoms with Crippen LogP contribution < -0.4 is 5.32 Å². The number of aromatic hydroxyl groups is 1. The zero-order chi connectivity index (χ0) is 11.8. The van der Waals surface area contributed by atoms with Gasteiger partial charge in [0.15, 0.2) is 0 Å². The molecule has 86 valence electrons. The number of hydrogen-bond donors (Lipinski definition) is 2. The van der Waals surface area contributed by atoms with E-state index in [1.54, 1.807) is 17.5 Å². The first-order valence-corrected chi connectivity index (χ1v) is 6.26. The van der Waals surface area contributed by atoms with Crippen LogP contribution in [0.25, 0.3) is 0 Å². The average Bonchev–Trinajstić information content (AvgIpc) is 2.29. The normalized spacial score (nSPS) is 10.6. The summed E-state index contributed by atoms with van der Waals surface area (Å²) in [6, 6.07) is 6.98. The van der Waals surface area contributed by atoms with Gasteiger partial charge in [-0.25, -0.2) is 0 Å². The van der Waals surface area contributed by atoms with E-state index in [1.165, 1.54) is 17.8 Å². The van der Waals surface area contributed by atoms with Crippen molar-refractivity contribution >= 4 is 17.7 Å². The highest BCUT2D eigenvalue weighted by molar-refractivity contribution is 8.01. The molecule has 0 heterocycles. The molecule has 0 fully saturated rings. The van der Waals surface area contributed by atoms with E-state index in [0.717, 1.165) is 12.0 Å². The quantitative estimate of drug-likeness (QED) is 0.769. The third kappa shape index (κ3) is 4.89. The number of carbonyl (C=O) groups excluding carboxylic acids is 1. The number of thioether (sulfide) groups is 1. The van der Waals surface area contributed by atoms with Crippen molar-refractivity contribution in [1.82, 2.24) is 5.32 Å². The third-order valence-corrected chi connectivity index (χ3v) is 2.41. The molecule has 0 unspecified atom stereocenters. The van der Waals surface area contributed by atoms with Gasteiger partial charge in [0.25, 0.3) is 0 Å². The van der Waals surface area contributed by atoms with Crippen LogP contribution in [0.4, 0.5) is 0 Å². The summed E-state index contributed by atoms with van der Waals surface area (Å²) in [5.74, 6) is 0.184. The number of carbonyl (C=O) groups is 1. The van der Waals surface area contributed by atoms with Gasteiger partial charge in [-0.05, 0) is 35.8 Å². The number of amides is 1. The maximum atomic E-state index is 11.2. The lowest BCUT2D eigenvalue weighted by atomic mass is 10.1. The molecular formula is C12H15NO2S. The topological polar surface area (TPSA) is 49.3 Å². The first kappa shape index (κ1) is 12.6. The predicted octanol–water partition coefficient (Wildman–Crippen LogP) is 1.93. The van der Waals surface area contributed by atoms with Crippen LogP contribution in [0.2, 0.25) is 0 Å². The molecule has 0 aliphatic carbocycles. The summed E-state index contributed by atoms with van der Waals surface area (Å²) in [6.45, 7) is 0.600. The van der Waals surface area contributed by atoms with Crippen molar-refractivity contribution in [1.29, 1.82) is 0 Å². The number of nitrogens with one attached hydrogen (secondary N) is 1. The smallest absolute Gasteiger partial charge is 0.244 e. The van der Waals surface area contributed by atoms with Crippen LogP contribution in [0.15, 0.2) is 35.7 Å². The number of phenolic OH excluding ortho intramolecular Hbond substituents is 1. The molecule has 0 bridgehead atoms. The summed E-state index contributed by atoms with van der Waals surface area (Å²) in [6.07, 6.45) is 4.18. The van der Waals surface area contributed by atoms with Crippen molar-refractivity contribution in [2.75, 3.05) is 12.8 Å². The monoisotopic (exact) mass is 237 g/mol. The van der Waals surface area contributed by atoms with E-state index in [-0.39, 0.29) is 11.7 Å². The molecule has 0 radical (unpaired) electrons. The lowest BCUT2D eigenvalue weighted by Crippen LogP contribution is -2.23. The number of rotatable bonds is 5. The Morgan fingerprint density at radius 3 is 2.75 bits per heavy atom. The molecule has 0 aliphatic rings. The lowest BCUT2D eigenvalue weighted by Gasteiger charge is -2.02. The summed E-state index contributed by atoms with van der Waals surface area (Å²) < 4.78 is 0. The van der Waals surface area contributed by atoms with Crippen molar-refractivity contribution in [2.45, 2.75) is 6.42 Å². The molecule has 1 amide bonds. The zero-order valence-electron chi connectivity index (χ0n) is 9.14. The first-order chi connectivity index (χ1) is 7.72. The van der Waals surface area contributed by atoms with Crippen LogP contribution >= 0.6 is 11.8 Å². The molecule has 0 saturated heterocycles. The minimum absolute atomic E-state index is 0.0758. The van der Waals surface area contributed by atoms with Gasteiger partial charge in [-0.2, -0.15) is 0 Å². The molecule has 2 N–H and O–H groups in total. The van der Waals surface area contributed by atoms with E-state index in [2.05, 4.69) is 5.32 Å². The Morgan fingerprint density at radius 1 is 1.44 bits per heavy atom. The van der Waals surface area contributed by atoms with Crippen LogP contribution in [-0.2, 0) is 11.2 Å². The van der Waals surface area contributed by atoms with Crippen molar-refractivity contribution in [3.63, 3.8) is 0 Å². The van der Waals surface area contributed by atoms with E-state index in [9.17, 15) is 4.79 Å². The fourth-order valence-corrected chi connectivity index (χ4v) is 1.44. The van der Waals surface area contributed by atoms with Gasteiger partial charge in [0.1, 0.15) is 5.75 Å². The Labute approximate surface area is 99.6 Å². The van der Waals surface area contributed by atoms with Gasteiger partial charge < -0.3 is 10.4 Å². The number of hydrogen-bond acceptors (Lipinski definition) is 3. The molecule has 1 aromatic carbocycles. The van der Waals surface area contributed by atoms with Gasteiger partial charge in [-0.15, -0.1) is 11.8 Å². The highest BCUT2D eigenvalue weighted by atomic mass is 32.2.